The zero-order valence-corrected chi connectivity index (χ0v) is 35.1. The Morgan fingerprint density at radius 3 is 2.15 bits per heavy atom. The van der Waals surface area contributed by atoms with Crippen molar-refractivity contribution in [3.05, 3.63) is 81.1 Å². The van der Waals surface area contributed by atoms with Crippen molar-refractivity contribution in [2.75, 3.05) is 18.1 Å². The second-order valence-electron chi connectivity index (χ2n) is 14.4. The van der Waals surface area contributed by atoms with E-state index in [4.69, 9.17) is 17.2 Å². The zero-order valence-electron chi connectivity index (χ0n) is 33.5. The van der Waals surface area contributed by atoms with Crippen molar-refractivity contribution in [2.45, 2.75) is 82.2 Å². The van der Waals surface area contributed by atoms with Crippen LogP contribution < -0.4 is 55.2 Å². The number of amides is 6. The molecule has 1 aromatic heterocycles. The molecule has 0 saturated carbocycles. The Labute approximate surface area is 357 Å². The van der Waals surface area contributed by atoms with Crippen LogP contribution in [0.1, 0.15) is 45.1 Å². The standard InChI is InChI=1S/C38H51N11O10S2/c1-3-20(2)31-35(55)43-22(12-13-29(40)50)17-42-26(16-30(41)51)33(53)45-28(36(56)57)19-61-60-18-25(39)32(52)44-27(34(54)46-31)15-21-8-7-11-24(14-21)49-38(59)48(37(58)47-49)23-9-5-4-6-10-23/h4-11,14,20,22,25-28,31,42H,3,12-13,15-19,39H2,1-2H3,(H2,40,50)(H2,41,51)(H,43,55)(H,44,52)(H,45,53)(H,46,54)(H,47,58)(H,56,57). The normalized spacial score (nSPS) is 23.1. The number of carbonyl (C=O) groups is 7. The predicted octanol–water partition coefficient (Wildman–Crippen LogP) is -2.25. The molecule has 1 saturated heterocycles. The van der Waals surface area contributed by atoms with Crippen LogP contribution in [-0.2, 0) is 40.0 Å². The van der Waals surface area contributed by atoms with Crippen molar-refractivity contribution >= 4 is 63.0 Å². The molecule has 7 unspecified atom stereocenters. The first-order valence-corrected chi connectivity index (χ1v) is 21.8. The molecule has 23 heteroatoms. The van der Waals surface area contributed by atoms with Gasteiger partial charge in [0.1, 0.15) is 18.1 Å². The minimum atomic E-state index is -1.44. The lowest BCUT2D eigenvalue weighted by Crippen LogP contribution is -2.60. The number of H-pyrrole nitrogens is 1. The predicted molar refractivity (Wildman–Crippen MR) is 227 cm³/mol. The van der Waals surface area contributed by atoms with Gasteiger partial charge in [-0.25, -0.2) is 28.7 Å². The molecule has 2 heterocycles. The van der Waals surface area contributed by atoms with Gasteiger partial charge in [-0.05, 0) is 42.2 Å². The Bertz CT molecular complexity index is 2180. The Morgan fingerprint density at radius 1 is 0.820 bits per heavy atom. The van der Waals surface area contributed by atoms with E-state index >= 15 is 0 Å². The van der Waals surface area contributed by atoms with Crippen LogP contribution in [0.5, 0.6) is 0 Å². The van der Waals surface area contributed by atoms with Crippen molar-refractivity contribution in [1.29, 1.82) is 0 Å². The molecule has 2 aromatic carbocycles. The van der Waals surface area contributed by atoms with Crippen LogP contribution in [0.3, 0.4) is 0 Å². The molecule has 7 atom stereocenters. The Hall–Kier alpha value is -5.91. The largest absolute Gasteiger partial charge is 0.480 e. The number of aromatic nitrogens is 3. The third-order valence-corrected chi connectivity index (χ3v) is 12.2. The number of primary amides is 2. The van der Waals surface area contributed by atoms with Gasteiger partial charge in [0, 0.05) is 36.9 Å². The second-order valence-corrected chi connectivity index (χ2v) is 17.0. The highest BCUT2D eigenvalue weighted by atomic mass is 33.1. The molecule has 0 radical (unpaired) electrons. The molecule has 4 rings (SSSR count). The number of nitrogens with zero attached hydrogens (tertiary/aromatic N) is 2. The third kappa shape index (κ3) is 13.8. The summed E-state index contributed by atoms with van der Waals surface area (Å²) in [5.74, 6) is -6.73. The molecule has 3 aromatic rings. The van der Waals surface area contributed by atoms with Crippen molar-refractivity contribution in [1.82, 2.24) is 40.9 Å². The molecular formula is C38H51N11O10S2. The number of hydrogen-bond donors (Lipinski definition) is 10. The highest BCUT2D eigenvalue weighted by Crippen LogP contribution is 2.23. The number of carbonyl (C=O) groups excluding carboxylic acids is 6. The zero-order chi connectivity index (χ0) is 44.8. The monoisotopic (exact) mass is 885 g/mol. The van der Waals surface area contributed by atoms with Gasteiger partial charge in [-0.2, -0.15) is 0 Å². The summed E-state index contributed by atoms with van der Waals surface area (Å²) in [5.41, 5.74) is 16.7. The number of aliphatic carboxylic acids is 1. The molecule has 330 valence electrons. The van der Waals surface area contributed by atoms with Crippen LogP contribution in [0.25, 0.3) is 11.4 Å². The summed E-state index contributed by atoms with van der Waals surface area (Å²) >= 11 is 0. The molecule has 61 heavy (non-hydrogen) atoms. The Balaban J connectivity index is 1.70. The van der Waals surface area contributed by atoms with E-state index in [-0.39, 0.29) is 43.0 Å². The molecular weight excluding hydrogens is 835 g/mol. The van der Waals surface area contributed by atoms with Gasteiger partial charge in [-0.1, -0.05) is 72.2 Å². The molecule has 1 aliphatic heterocycles. The lowest BCUT2D eigenvalue weighted by Gasteiger charge is -2.30. The minimum absolute atomic E-state index is 0.0260. The van der Waals surface area contributed by atoms with E-state index in [1.807, 2.05) is 0 Å². The van der Waals surface area contributed by atoms with E-state index in [9.17, 15) is 48.3 Å². The van der Waals surface area contributed by atoms with E-state index in [1.54, 1.807) is 68.4 Å². The van der Waals surface area contributed by atoms with Gasteiger partial charge in [0.25, 0.3) is 0 Å². The first-order chi connectivity index (χ1) is 29.0. The lowest BCUT2D eigenvalue weighted by molar-refractivity contribution is -0.141. The highest BCUT2D eigenvalue weighted by molar-refractivity contribution is 8.76. The Morgan fingerprint density at radius 2 is 1.49 bits per heavy atom. The van der Waals surface area contributed by atoms with Crippen molar-refractivity contribution in [3.8, 4) is 11.4 Å². The van der Waals surface area contributed by atoms with Crippen LogP contribution in [0.2, 0.25) is 0 Å². The smallest absolute Gasteiger partial charge is 0.356 e. The van der Waals surface area contributed by atoms with Crippen LogP contribution in [0, 0.1) is 5.92 Å². The number of carboxylic acid groups (broad SMARTS) is 1. The van der Waals surface area contributed by atoms with Crippen molar-refractivity contribution in [3.63, 3.8) is 0 Å². The van der Waals surface area contributed by atoms with E-state index in [0.29, 0.717) is 17.7 Å². The van der Waals surface area contributed by atoms with Gasteiger partial charge < -0.3 is 48.9 Å². The summed E-state index contributed by atoms with van der Waals surface area (Å²) in [4.78, 5) is 117. The van der Waals surface area contributed by atoms with E-state index in [0.717, 1.165) is 30.8 Å². The molecule has 1 aliphatic rings. The van der Waals surface area contributed by atoms with Crippen LogP contribution in [0.15, 0.2) is 64.2 Å². The summed E-state index contributed by atoms with van der Waals surface area (Å²) in [6.07, 6.45) is -0.518. The SMILES string of the molecule is CCC(C)C1NC(=O)C(Cc2cccc(-n3[nH]c(=O)n(-c4ccccc4)c3=O)c2)NC(=O)C(N)CSSCC(C(=O)O)NC(=O)C(CC(N)=O)NCC(CCC(N)=O)NC1=O. The van der Waals surface area contributed by atoms with Gasteiger partial charge in [0.15, 0.2) is 0 Å². The first-order valence-electron chi connectivity index (χ1n) is 19.3. The Kier molecular flexibility index (Phi) is 17.7. The number of rotatable bonds is 12. The van der Waals surface area contributed by atoms with Crippen molar-refractivity contribution in [2.24, 2.45) is 23.1 Å². The summed E-state index contributed by atoms with van der Waals surface area (Å²) in [7, 11) is 2.05. The molecule has 6 amide bonds. The molecule has 1 fully saturated rings. The van der Waals surface area contributed by atoms with E-state index in [1.165, 1.54) is 0 Å². The number of nitrogens with one attached hydrogen (secondary N) is 6. The first kappa shape index (κ1) is 47.8. The van der Waals surface area contributed by atoms with Gasteiger partial charge in [-0.3, -0.25) is 28.8 Å². The summed E-state index contributed by atoms with van der Waals surface area (Å²) in [5, 5.41) is 25.8. The summed E-state index contributed by atoms with van der Waals surface area (Å²) in [6.45, 7) is 3.30. The van der Waals surface area contributed by atoms with Gasteiger partial charge in [-0.15, -0.1) is 0 Å². The molecule has 0 aliphatic carbocycles. The molecule has 13 N–H and O–H groups in total. The fourth-order valence-electron chi connectivity index (χ4n) is 6.20. The summed E-state index contributed by atoms with van der Waals surface area (Å²) in [6, 6.07) is 7.21. The maximum absolute atomic E-state index is 14.2. The topological polar surface area (TPSA) is 338 Å². The van der Waals surface area contributed by atoms with Crippen LogP contribution in [0.4, 0.5) is 0 Å². The maximum Gasteiger partial charge on any atom is 0.356 e. The molecule has 0 bridgehead atoms. The van der Waals surface area contributed by atoms with Gasteiger partial charge in [0.05, 0.1) is 29.9 Å². The maximum atomic E-state index is 14.2. The number of para-hydroxylation sites is 1. The number of carboxylic acids is 1. The lowest BCUT2D eigenvalue weighted by atomic mass is 9.96. The van der Waals surface area contributed by atoms with Gasteiger partial charge >= 0.3 is 17.3 Å². The molecule has 21 nitrogen and oxygen atoms in total. The fourth-order valence-corrected chi connectivity index (χ4v) is 8.48. The van der Waals surface area contributed by atoms with Gasteiger partial charge in [0.2, 0.25) is 35.4 Å². The number of hydrogen-bond acceptors (Lipinski definition) is 13. The average Bonchev–Trinajstić information content (AvgIpc) is 3.52. The van der Waals surface area contributed by atoms with Crippen molar-refractivity contribution < 1.29 is 38.7 Å². The summed E-state index contributed by atoms with van der Waals surface area (Å²) < 4.78 is 2.00. The second kappa shape index (κ2) is 22.6. The van der Waals surface area contributed by atoms with E-state index in [2.05, 4.69) is 31.7 Å². The average molecular weight is 886 g/mol. The fraction of sp³-hybridized carbons (Fsp3) is 0.447. The van der Waals surface area contributed by atoms with Crippen LogP contribution in [-0.4, -0.2) is 115 Å². The quantitative estimate of drug-likeness (QED) is 0.0860. The minimum Gasteiger partial charge on any atom is -0.480 e. The number of benzene rings is 2. The number of aromatic amines is 1. The van der Waals surface area contributed by atoms with E-state index < -0.39 is 101 Å². The highest BCUT2D eigenvalue weighted by Gasteiger charge is 2.33. The third-order valence-electron chi connectivity index (χ3n) is 9.78. The number of nitrogens with two attached hydrogens (primary N) is 3. The molecule has 0 spiro atoms. The van der Waals surface area contributed by atoms with Crippen LogP contribution >= 0.6 is 21.6 Å².